The molecule has 0 fully saturated rings. The molecule has 0 heterocycles. The lowest BCUT2D eigenvalue weighted by Crippen LogP contribution is -2.18. The molecule has 2 rings (SSSR count). The monoisotopic (exact) mass is 550 g/mol. The number of hydrogen-bond donors (Lipinski definition) is 2. The van der Waals surface area contributed by atoms with Crippen LogP contribution in [0.5, 0.6) is 11.5 Å². The van der Waals surface area contributed by atoms with E-state index in [1.807, 2.05) is 12.1 Å². The lowest BCUT2D eigenvalue weighted by Gasteiger charge is -2.24. The molecule has 2 aromatic rings. The highest BCUT2D eigenvalue weighted by atomic mass is 16.3. The first-order valence-electron chi connectivity index (χ1n) is 16.7. The second-order valence-electron chi connectivity index (χ2n) is 11.7. The standard InChI is InChI=1S/C37H58O3/c1-7-13-19-27-25-33(38)29(21-15-9-3)31(23-17-11-5)35(27)37(40)36-28(20-14-8-2)26-34(39)30(22-16-10-4)32(36)24-18-12-6/h25-26,38-39H,7-24H2,1-6H3. The molecule has 0 radical (unpaired) electrons. The molecule has 2 N–H and O–H groups in total. The highest BCUT2D eigenvalue weighted by molar-refractivity contribution is 6.13. The number of aromatic hydroxyl groups is 2. The van der Waals surface area contributed by atoms with Gasteiger partial charge in [-0.1, -0.05) is 80.1 Å². The topological polar surface area (TPSA) is 57.5 Å². The van der Waals surface area contributed by atoms with E-state index in [-0.39, 0.29) is 5.78 Å². The molecule has 0 aliphatic rings. The predicted octanol–water partition coefficient (Wildman–Crippen LogP) is 10.4. The Bertz CT molecular complexity index is 983. The van der Waals surface area contributed by atoms with Gasteiger partial charge in [-0.3, -0.25) is 4.79 Å². The quantitative estimate of drug-likeness (QED) is 0.161. The van der Waals surface area contributed by atoms with Crippen molar-refractivity contribution >= 4 is 5.78 Å². The molecule has 224 valence electrons. The molecule has 0 bridgehead atoms. The van der Waals surface area contributed by atoms with Crippen LogP contribution in [0.15, 0.2) is 12.1 Å². The minimum Gasteiger partial charge on any atom is -0.508 e. The molecule has 0 amide bonds. The van der Waals surface area contributed by atoms with Gasteiger partial charge in [-0.05, 0) is 123 Å². The van der Waals surface area contributed by atoms with Gasteiger partial charge in [0.1, 0.15) is 11.5 Å². The summed E-state index contributed by atoms with van der Waals surface area (Å²) in [5.74, 6) is 0.868. The van der Waals surface area contributed by atoms with E-state index in [9.17, 15) is 10.2 Å². The molecule has 2 aromatic carbocycles. The summed E-state index contributed by atoms with van der Waals surface area (Å²) in [5, 5.41) is 22.5. The second-order valence-corrected chi connectivity index (χ2v) is 11.7. The molecule has 40 heavy (non-hydrogen) atoms. The predicted molar refractivity (Wildman–Crippen MR) is 171 cm³/mol. The highest BCUT2D eigenvalue weighted by Gasteiger charge is 2.28. The zero-order chi connectivity index (χ0) is 29.5. The Hall–Kier alpha value is -2.29. The van der Waals surface area contributed by atoms with Crippen molar-refractivity contribution in [1.29, 1.82) is 0 Å². The van der Waals surface area contributed by atoms with Crippen molar-refractivity contribution in [2.24, 2.45) is 0 Å². The second kappa shape index (κ2) is 18.2. The molecular formula is C37H58O3. The van der Waals surface area contributed by atoms with Crippen molar-refractivity contribution < 1.29 is 15.0 Å². The Morgan fingerprint density at radius 1 is 0.475 bits per heavy atom. The number of phenolic OH excluding ortho intramolecular Hbond substituents is 2. The largest absolute Gasteiger partial charge is 0.508 e. The summed E-state index contributed by atoms with van der Waals surface area (Å²) in [4.78, 5) is 15.1. The summed E-state index contributed by atoms with van der Waals surface area (Å²) >= 11 is 0. The van der Waals surface area contributed by atoms with Gasteiger partial charge >= 0.3 is 0 Å². The van der Waals surface area contributed by atoms with Crippen LogP contribution in [-0.2, 0) is 38.5 Å². The maximum atomic E-state index is 15.1. The van der Waals surface area contributed by atoms with Crippen LogP contribution >= 0.6 is 0 Å². The van der Waals surface area contributed by atoms with Crippen molar-refractivity contribution in [3.8, 4) is 11.5 Å². The molecule has 0 atom stereocenters. The summed E-state index contributed by atoms with van der Waals surface area (Å²) in [6.07, 6.45) is 17.1. The third kappa shape index (κ3) is 8.85. The van der Waals surface area contributed by atoms with Crippen molar-refractivity contribution in [2.75, 3.05) is 0 Å². The third-order valence-corrected chi connectivity index (χ3v) is 8.39. The summed E-state index contributed by atoms with van der Waals surface area (Å²) in [5.41, 5.74) is 7.84. The fourth-order valence-electron chi connectivity index (χ4n) is 5.99. The normalized spacial score (nSPS) is 11.3. The van der Waals surface area contributed by atoms with Crippen LogP contribution in [-0.4, -0.2) is 16.0 Å². The zero-order valence-corrected chi connectivity index (χ0v) is 26.7. The van der Waals surface area contributed by atoms with Crippen molar-refractivity contribution in [3.05, 3.63) is 56.6 Å². The van der Waals surface area contributed by atoms with Crippen LogP contribution in [0.25, 0.3) is 0 Å². The smallest absolute Gasteiger partial charge is 0.194 e. The number of ketones is 1. The first-order chi connectivity index (χ1) is 19.4. The zero-order valence-electron chi connectivity index (χ0n) is 26.7. The fraction of sp³-hybridized carbons (Fsp3) is 0.649. The Morgan fingerprint density at radius 2 is 0.750 bits per heavy atom. The van der Waals surface area contributed by atoms with E-state index >= 15 is 4.79 Å². The van der Waals surface area contributed by atoms with Crippen LogP contribution in [0.3, 0.4) is 0 Å². The first kappa shape index (κ1) is 33.9. The fourth-order valence-corrected chi connectivity index (χ4v) is 5.99. The van der Waals surface area contributed by atoms with Gasteiger partial charge in [-0.15, -0.1) is 0 Å². The first-order valence-corrected chi connectivity index (χ1v) is 16.7. The van der Waals surface area contributed by atoms with Crippen molar-refractivity contribution in [3.63, 3.8) is 0 Å². The number of carbonyl (C=O) groups excluding carboxylic acids is 1. The molecule has 0 saturated carbocycles. The average molecular weight is 551 g/mol. The highest BCUT2D eigenvalue weighted by Crippen LogP contribution is 2.38. The molecule has 0 unspecified atom stereocenters. The van der Waals surface area contributed by atoms with E-state index in [1.54, 1.807) is 0 Å². The van der Waals surface area contributed by atoms with Crippen molar-refractivity contribution in [2.45, 2.75) is 157 Å². The number of aryl methyl sites for hydroxylation is 2. The number of rotatable bonds is 20. The van der Waals surface area contributed by atoms with E-state index in [2.05, 4.69) is 41.5 Å². The molecule has 3 nitrogen and oxygen atoms in total. The van der Waals surface area contributed by atoms with Gasteiger partial charge in [0, 0.05) is 11.1 Å². The average Bonchev–Trinajstić information content (AvgIpc) is 2.95. The minimum atomic E-state index is 0.130. The van der Waals surface area contributed by atoms with Crippen molar-refractivity contribution in [1.82, 2.24) is 0 Å². The molecule has 0 spiro atoms. The van der Waals surface area contributed by atoms with E-state index in [1.165, 1.54) is 0 Å². The third-order valence-electron chi connectivity index (χ3n) is 8.39. The van der Waals surface area contributed by atoms with E-state index < -0.39 is 0 Å². The van der Waals surface area contributed by atoms with Gasteiger partial charge in [-0.25, -0.2) is 0 Å². The van der Waals surface area contributed by atoms with E-state index in [4.69, 9.17) is 0 Å². The maximum Gasteiger partial charge on any atom is 0.194 e. The van der Waals surface area contributed by atoms with Crippen LogP contribution in [0.4, 0.5) is 0 Å². The number of hydrogen-bond acceptors (Lipinski definition) is 3. The Balaban J connectivity index is 2.96. The Labute approximate surface area is 245 Å². The van der Waals surface area contributed by atoms with Crippen LogP contribution in [0.2, 0.25) is 0 Å². The number of phenols is 2. The Kier molecular flexibility index (Phi) is 15.4. The van der Waals surface area contributed by atoms with Gasteiger partial charge in [0.2, 0.25) is 0 Å². The van der Waals surface area contributed by atoms with Crippen LogP contribution in [0, 0.1) is 0 Å². The van der Waals surface area contributed by atoms with E-state index in [0.29, 0.717) is 11.5 Å². The molecule has 3 heteroatoms. The molecule has 0 saturated heterocycles. The SMILES string of the molecule is CCCCc1cc(O)c(CCCC)c(CCCC)c1C(=O)c1c(CCCC)cc(O)c(CCCC)c1CCCC. The van der Waals surface area contributed by atoms with E-state index in [0.717, 1.165) is 160 Å². The summed E-state index contributed by atoms with van der Waals surface area (Å²) in [7, 11) is 0. The van der Waals surface area contributed by atoms with Gasteiger partial charge < -0.3 is 10.2 Å². The number of benzene rings is 2. The maximum absolute atomic E-state index is 15.1. The summed E-state index contributed by atoms with van der Waals surface area (Å²) < 4.78 is 0. The minimum absolute atomic E-state index is 0.130. The lowest BCUT2D eigenvalue weighted by atomic mass is 9.79. The van der Waals surface area contributed by atoms with Gasteiger partial charge in [0.15, 0.2) is 5.78 Å². The molecular weight excluding hydrogens is 492 g/mol. The molecule has 0 aliphatic carbocycles. The number of unbranched alkanes of at least 4 members (excludes halogenated alkanes) is 6. The molecule has 0 aliphatic heterocycles. The summed E-state index contributed by atoms with van der Waals surface area (Å²) in [6.45, 7) is 13.1. The van der Waals surface area contributed by atoms with Crippen LogP contribution in [0.1, 0.15) is 168 Å². The Morgan fingerprint density at radius 3 is 1.05 bits per heavy atom. The lowest BCUT2D eigenvalue weighted by molar-refractivity contribution is 0.103. The number of carbonyl (C=O) groups is 1. The summed E-state index contributed by atoms with van der Waals surface area (Å²) in [6, 6.07) is 3.83. The molecule has 0 aromatic heterocycles. The van der Waals surface area contributed by atoms with Crippen LogP contribution < -0.4 is 0 Å². The van der Waals surface area contributed by atoms with Gasteiger partial charge in [0.05, 0.1) is 0 Å². The van der Waals surface area contributed by atoms with Gasteiger partial charge in [0.25, 0.3) is 0 Å². The van der Waals surface area contributed by atoms with Gasteiger partial charge in [-0.2, -0.15) is 0 Å².